The van der Waals surface area contributed by atoms with E-state index in [-0.39, 0.29) is 11.9 Å². The van der Waals surface area contributed by atoms with Crippen LogP contribution in [0.25, 0.3) is 0 Å². The molecule has 0 bridgehead atoms. The van der Waals surface area contributed by atoms with Crippen LogP contribution in [-0.2, 0) is 22.3 Å². The fourth-order valence-corrected chi connectivity index (χ4v) is 3.51. The summed E-state index contributed by atoms with van der Waals surface area (Å²) in [7, 11) is 0. The van der Waals surface area contributed by atoms with Crippen LogP contribution in [0, 0.1) is 0 Å². The zero-order valence-electron chi connectivity index (χ0n) is 15.6. The number of rotatable bonds is 12. The Kier molecular flexibility index (Phi) is 11.9. The van der Waals surface area contributed by atoms with Crippen molar-refractivity contribution < 1.29 is 19.1 Å². The summed E-state index contributed by atoms with van der Waals surface area (Å²) in [5.74, 6) is -0.642. The molecule has 6 heteroatoms. The number of esters is 2. The van der Waals surface area contributed by atoms with Crippen molar-refractivity contribution >= 4 is 43.8 Å². The summed E-state index contributed by atoms with van der Waals surface area (Å²) in [6, 6.07) is 3.67. The fourth-order valence-electron chi connectivity index (χ4n) is 2.72. The van der Waals surface area contributed by atoms with E-state index in [4.69, 9.17) is 9.47 Å². The molecule has 0 aliphatic carbocycles. The van der Waals surface area contributed by atoms with E-state index in [1.54, 1.807) is 13.8 Å². The molecule has 0 atom stereocenters. The molecule has 1 rings (SSSR count). The zero-order valence-corrected chi connectivity index (χ0v) is 18.8. The third kappa shape index (κ3) is 7.39. The van der Waals surface area contributed by atoms with E-state index in [0.717, 1.165) is 60.3 Å². The molecule has 0 heterocycles. The number of hydrogen-bond acceptors (Lipinski definition) is 4. The highest BCUT2D eigenvalue weighted by molar-refractivity contribution is 9.09. The Balaban J connectivity index is 3.28. The van der Waals surface area contributed by atoms with Gasteiger partial charge in [-0.25, -0.2) is 9.59 Å². The molecular weight excluding hydrogens is 464 g/mol. The normalized spacial score (nSPS) is 10.6. The fraction of sp³-hybridized carbons (Fsp3) is 0.600. The van der Waals surface area contributed by atoms with Gasteiger partial charge in [-0.05, 0) is 75.6 Å². The van der Waals surface area contributed by atoms with Crippen molar-refractivity contribution in [2.75, 3.05) is 23.9 Å². The first-order chi connectivity index (χ1) is 12.6. The molecular formula is C20H28Br2O4. The van der Waals surface area contributed by atoms with Crippen LogP contribution in [0.2, 0.25) is 0 Å². The molecule has 0 aliphatic heterocycles. The van der Waals surface area contributed by atoms with E-state index in [1.807, 2.05) is 12.1 Å². The first-order valence-corrected chi connectivity index (χ1v) is 11.4. The Labute approximate surface area is 173 Å². The summed E-state index contributed by atoms with van der Waals surface area (Å²) in [4.78, 5) is 24.9. The maximum Gasteiger partial charge on any atom is 0.338 e. The lowest BCUT2D eigenvalue weighted by Gasteiger charge is -2.15. The van der Waals surface area contributed by atoms with Gasteiger partial charge < -0.3 is 9.47 Å². The average Bonchev–Trinajstić information content (AvgIpc) is 2.63. The van der Waals surface area contributed by atoms with E-state index in [1.165, 1.54) is 0 Å². The van der Waals surface area contributed by atoms with Gasteiger partial charge in [0.1, 0.15) is 0 Å². The number of unbranched alkanes of at least 4 members (excludes halogenated alkanes) is 2. The molecule has 0 N–H and O–H groups in total. The van der Waals surface area contributed by atoms with Gasteiger partial charge in [0.05, 0.1) is 24.3 Å². The number of hydrogen-bond donors (Lipinski definition) is 0. The summed E-state index contributed by atoms with van der Waals surface area (Å²) in [5.41, 5.74) is 2.86. The van der Waals surface area contributed by atoms with E-state index in [0.29, 0.717) is 24.3 Å². The molecule has 146 valence electrons. The van der Waals surface area contributed by atoms with Crippen molar-refractivity contribution in [1.82, 2.24) is 0 Å². The van der Waals surface area contributed by atoms with Crippen molar-refractivity contribution in [2.24, 2.45) is 0 Å². The lowest BCUT2D eigenvalue weighted by molar-refractivity contribution is 0.0509. The van der Waals surface area contributed by atoms with Crippen LogP contribution in [0.5, 0.6) is 0 Å². The van der Waals surface area contributed by atoms with Crippen LogP contribution in [0.1, 0.15) is 71.4 Å². The van der Waals surface area contributed by atoms with Gasteiger partial charge in [0, 0.05) is 10.7 Å². The van der Waals surface area contributed by atoms with Gasteiger partial charge in [-0.1, -0.05) is 31.9 Å². The summed E-state index contributed by atoms with van der Waals surface area (Å²) in [6.07, 6.45) is 5.33. The molecule has 0 aromatic heterocycles. The summed E-state index contributed by atoms with van der Waals surface area (Å²) < 4.78 is 10.5. The number of carbonyl (C=O) groups excluding carboxylic acids is 2. The molecule has 0 unspecified atom stereocenters. The molecule has 0 saturated carbocycles. The predicted octanol–water partition coefficient (Wildman–Crippen LogP) is 5.48. The Hall–Kier alpha value is -0.880. The highest BCUT2D eigenvalue weighted by Gasteiger charge is 2.20. The van der Waals surface area contributed by atoms with E-state index in [2.05, 4.69) is 31.9 Å². The Morgan fingerprint density at radius 2 is 1.15 bits per heavy atom. The summed E-state index contributed by atoms with van der Waals surface area (Å²) in [6.45, 7) is 4.26. The Morgan fingerprint density at radius 1 is 0.769 bits per heavy atom. The summed E-state index contributed by atoms with van der Waals surface area (Å²) >= 11 is 6.86. The van der Waals surface area contributed by atoms with Crippen molar-refractivity contribution in [2.45, 2.75) is 52.4 Å². The van der Waals surface area contributed by atoms with Crippen molar-refractivity contribution in [3.8, 4) is 0 Å². The highest BCUT2D eigenvalue weighted by Crippen LogP contribution is 2.23. The molecule has 26 heavy (non-hydrogen) atoms. The van der Waals surface area contributed by atoms with Gasteiger partial charge >= 0.3 is 11.9 Å². The van der Waals surface area contributed by atoms with E-state index in [9.17, 15) is 9.59 Å². The number of aryl methyl sites for hydroxylation is 2. The number of carbonyl (C=O) groups is 2. The lowest BCUT2D eigenvalue weighted by Crippen LogP contribution is -2.14. The first-order valence-electron chi connectivity index (χ1n) is 9.20. The molecule has 1 aromatic rings. The molecule has 0 amide bonds. The maximum absolute atomic E-state index is 12.4. The minimum atomic E-state index is -0.321. The first kappa shape index (κ1) is 23.2. The van der Waals surface area contributed by atoms with Gasteiger partial charge in [0.25, 0.3) is 0 Å². The topological polar surface area (TPSA) is 52.6 Å². The van der Waals surface area contributed by atoms with Crippen molar-refractivity contribution in [3.05, 3.63) is 34.4 Å². The molecule has 0 spiro atoms. The Bertz CT molecular complexity index is 536. The smallest absolute Gasteiger partial charge is 0.338 e. The molecule has 0 radical (unpaired) electrons. The van der Waals surface area contributed by atoms with Gasteiger partial charge in [0.15, 0.2) is 0 Å². The van der Waals surface area contributed by atoms with Gasteiger partial charge in [-0.3, -0.25) is 0 Å². The molecule has 0 saturated heterocycles. The number of halogens is 2. The second kappa shape index (κ2) is 13.3. The minimum Gasteiger partial charge on any atom is -0.462 e. The van der Waals surface area contributed by atoms with Crippen LogP contribution in [0.15, 0.2) is 12.1 Å². The monoisotopic (exact) mass is 490 g/mol. The predicted molar refractivity (Wildman–Crippen MR) is 112 cm³/mol. The third-order valence-electron chi connectivity index (χ3n) is 3.98. The number of alkyl halides is 2. The highest BCUT2D eigenvalue weighted by atomic mass is 79.9. The van der Waals surface area contributed by atoms with Crippen LogP contribution in [0.3, 0.4) is 0 Å². The minimum absolute atomic E-state index is 0.321. The third-order valence-corrected chi connectivity index (χ3v) is 5.10. The average molecular weight is 492 g/mol. The van der Waals surface area contributed by atoms with Crippen LogP contribution >= 0.6 is 31.9 Å². The van der Waals surface area contributed by atoms with Crippen LogP contribution in [-0.4, -0.2) is 35.8 Å². The number of benzene rings is 1. The molecule has 1 aromatic carbocycles. The van der Waals surface area contributed by atoms with E-state index < -0.39 is 0 Å². The van der Waals surface area contributed by atoms with E-state index >= 15 is 0 Å². The maximum atomic E-state index is 12.4. The lowest BCUT2D eigenvalue weighted by atomic mass is 9.92. The second-order valence-electron chi connectivity index (χ2n) is 5.90. The van der Waals surface area contributed by atoms with Gasteiger partial charge in [-0.2, -0.15) is 0 Å². The largest absolute Gasteiger partial charge is 0.462 e. The number of ether oxygens (including phenoxy) is 2. The zero-order chi connectivity index (χ0) is 19.4. The second-order valence-corrected chi connectivity index (χ2v) is 7.49. The van der Waals surface area contributed by atoms with Gasteiger partial charge in [0.2, 0.25) is 0 Å². The summed E-state index contributed by atoms with van der Waals surface area (Å²) in [5, 5.41) is 1.83. The SMILES string of the molecule is CCOC(=O)c1cc(CCCCBr)c(C(=O)OCC)cc1CCCCBr. The van der Waals surface area contributed by atoms with Crippen molar-refractivity contribution in [3.63, 3.8) is 0 Å². The molecule has 0 fully saturated rings. The Morgan fingerprint density at radius 3 is 1.46 bits per heavy atom. The van der Waals surface area contributed by atoms with Crippen LogP contribution in [0.4, 0.5) is 0 Å². The van der Waals surface area contributed by atoms with Gasteiger partial charge in [-0.15, -0.1) is 0 Å². The standard InChI is InChI=1S/C20H28Br2O4/c1-3-25-19(23)17-13-16(10-6-8-12-22)18(20(24)26-4-2)14-15(17)9-5-7-11-21/h13-14H,3-12H2,1-2H3. The van der Waals surface area contributed by atoms with Crippen molar-refractivity contribution in [1.29, 1.82) is 0 Å². The molecule has 0 aliphatic rings. The van der Waals surface area contributed by atoms with Crippen LogP contribution < -0.4 is 0 Å². The quantitative estimate of drug-likeness (QED) is 0.221. The molecule has 4 nitrogen and oxygen atoms in total.